The van der Waals surface area contributed by atoms with E-state index >= 15 is 0 Å². The van der Waals surface area contributed by atoms with Crippen LogP contribution in [0.2, 0.25) is 5.02 Å². The maximum absolute atomic E-state index is 12.4. The number of carbonyl (C=O) groups is 1. The van der Waals surface area contributed by atoms with Gasteiger partial charge in [-0.1, -0.05) is 23.7 Å². The largest absolute Gasteiger partial charge is 0.481 e. The molecule has 0 fully saturated rings. The Bertz CT molecular complexity index is 1210. The molecule has 1 aliphatic carbocycles. The minimum atomic E-state index is -2.34. The molecule has 2 heterocycles. The van der Waals surface area contributed by atoms with Gasteiger partial charge in [-0.25, -0.2) is 9.19 Å². The normalized spacial score (nSPS) is 16.2. The third-order valence-electron chi connectivity index (χ3n) is 5.31. The lowest BCUT2D eigenvalue weighted by Crippen LogP contribution is -2.33. The van der Waals surface area contributed by atoms with Crippen LogP contribution in [0.5, 0.6) is 11.6 Å². The monoisotopic (exact) mass is 554 g/mol. The van der Waals surface area contributed by atoms with Gasteiger partial charge in [-0.05, 0) is 53.4 Å². The van der Waals surface area contributed by atoms with Gasteiger partial charge in [0.05, 0.1) is 46.6 Å². The van der Waals surface area contributed by atoms with Gasteiger partial charge in [0, 0.05) is 11.3 Å². The molecule has 0 saturated carbocycles. The van der Waals surface area contributed by atoms with E-state index in [1.165, 1.54) is 10.5 Å². The van der Waals surface area contributed by atoms with Crippen molar-refractivity contribution in [1.82, 2.24) is 14.8 Å². The Balaban J connectivity index is 1.62. The molecule has 0 radical (unpaired) electrons. The quantitative estimate of drug-likeness (QED) is 0.376. The van der Waals surface area contributed by atoms with Crippen molar-refractivity contribution >= 4 is 50.5 Å². The van der Waals surface area contributed by atoms with Crippen LogP contribution in [0.15, 0.2) is 47.2 Å². The van der Waals surface area contributed by atoms with Crippen LogP contribution in [-0.2, 0) is 29.0 Å². The standard InChI is InChI=1S/C21H20BrClN4O5S/c22-15-10-13(11-24-21(15)32-19-7-2-1-4-16(19)23)27(33(30)31)18-6-3-5-17-14(18)12-25-26(17)9-8-20(28)29/h1-2,4,7,10-12,18H,3,5-6,8-9H2,(H,28,29)(H,30,31). The highest BCUT2D eigenvalue weighted by Crippen LogP contribution is 2.40. The van der Waals surface area contributed by atoms with E-state index in [1.807, 2.05) is 0 Å². The Morgan fingerprint density at radius 1 is 1.36 bits per heavy atom. The zero-order valence-electron chi connectivity index (χ0n) is 17.2. The summed E-state index contributed by atoms with van der Waals surface area (Å²) in [6, 6.07) is 8.24. The summed E-state index contributed by atoms with van der Waals surface area (Å²) in [6.45, 7) is 0.251. The van der Waals surface area contributed by atoms with Gasteiger partial charge in [-0.2, -0.15) is 5.10 Å². The van der Waals surface area contributed by atoms with Crippen LogP contribution >= 0.6 is 27.5 Å². The number of aliphatic carboxylic acids is 1. The fourth-order valence-electron chi connectivity index (χ4n) is 3.85. The molecule has 0 spiro atoms. The van der Waals surface area contributed by atoms with Crippen LogP contribution in [-0.4, -0.2) is 34.6 Å². The van der Waals surface area contributed by atoms with E-state index in [4.69, 9.17) is 21.4 Å². The Labute approximate surface area is 205 Å². The SMILES string of the molecule is O=C(O)CCn1ncc2c1CCCC2N(c1cnc(Oc2ccccc2Cl)c(Br)c1)S(=O)O. The minimum absolute atomic E-state index is 0.0435. The van der Waals surface area contributed by atoms with Crippen molar-refractivity contribution in [1.29, 1.82) is 0 Å². The molecule has 4 rings (SSSR count). The number of anilines is 1. The molecule has 174 valence electrons. The number of fused-ring (bicyclic) bond motifs is 1. The molecule has 0 amide bonds. The van der Waals surface area contributed by atoms with E-state index in [-0.39, 0.29) is 18.8 Å². The third-order valence-corrected chi connectivity index (χ3v) is 6.99. The summed E-state index contributed by atoms with van der Waals surface area (Å²) in [6.07, 6.45) is 5.21. The molecule has 1 aliphatic rings. The number of hydrogen-bond acceptors (Lipinski definition) is 5. The summed E-state index contributed by atoms with van der Waals surface area (Å²) in [5.41, 5.74) is 2.11. The summed E-state index contributed by atoms with van der Waals surface area (Å²) < 4.78 is 31.9. The average molecular weight is 556 g/mol. The Kier molecular flexibility index (Phi) is 7.32. The molecule has 2 aromatic heterocycles. The highest BCUT2D eigenvalue weighted by Gasteiger charge is 2.33. The summed E-state index contributed by atoms with van der Waals surface area (Å²) >= 11 is 7.24. The number of aromatic nitrogens is 3. The molecular weight excluding hydrogens is 536 g/mol. The first kappa shape index (κ1) is 23.7. The molecule has 0 saturated heterocycles. The van der Waals surface area contributed by atoms with Gasteiger partial charge >= 0.3 is 5.97 Å². The van der Waals surface area contributed by atoms with Crippen LogP contribution in [0.3, 0.4) is 0 Å². The first-order valence-electron chi connectivity index (χ1n) is 10.1. The van der Waals surface area contributed by atoms with E-state index in [9.17, 15) is 13.6 Å². The maximum Gasteiger partial charge on any atom is 0.305 e. The first-order chi connectivity index (χ1) is 15.8. The second-order valence-corrected chi connectivity index (χ2v) is 9.51. The summed E-state index contributed by atoms with van der Waals surface area (Å²) in [7, 11) is 0. The van der Waals surface area contributed by atoms with E-state index in [0.717, 1.165) is 24.1 Å². The molecule has 2 atom stereocenters. The van der Waals surface area contributed by atoms with Crippen LogP contribution in [0.25, 0.3) is 0 Å². The average Bonchev–Trinajstić information content (AvgIpc) is 3.19. The number of aryl methyl sites for hydroxylation is 1. The van der Waals surface area contributed by atoms with Gasteiger partial charge in [0.2, 0.25) is 5.88 Å². The van der Waals surface area contributed by atoms with Gasteiger partial charge in [0.1, 0.15) is 5.75 Å². The molecular formula is C21H20BrClN4O5S. The van der Waals surface area contributed by atoms with Crippen LogP contribution in [0, 0.1) is 0 Å². The Morgan fingerprint density at radius 2 is 2.15 bits per heavy atom. The van der Waals surface area contributed by atoms with Crippen molar-refractivity contribution in [2.75, 3.05) is 4.31 Å². The van der Waals surface area contributed by atoms with Gasteiger partial charge in [-0.3, -0.25) is 18.3 Å². The number of carboxylic acids is 1. The van der Waals surface area contributed by atoms with Crippen molar-refractivity contribution in [3.8, 4) is 11.6 Å². The number of carboxylic acid groups (broad SMARTS) is 1. The molecule has 12 heteroatoms. The van der Waals surface area contributed by atoms with Crippen molar-refractivity contribution in [2.45, 2.75) is 38.3 Å². The summed E-state index contributed by atoms with van der Waals surface area (Å²) in [5.74, 6) is -0.200. The second kappa shape index (κ2) is 10.2. The predicted molar refractivity (Wildman–Crippen MR) is 127 cm³/mol. The molecule has 1 aromatic carbocycles. The van der Waals surface area contributed by atoms with Crippen molar-refractivity contribution < 1.29 is 23.4 Å². The molecule has 2 N–H and O–H groups in total. The maximum atomic E-state index is 12.4. The topological polar surface area (TPSA) is 118 Å². The van der Waals surface area contributed by atoms with E-state index in [2.05, 4.69) is 26.0 Å². The highest BCUT2D eigenvalue weighted by molar-refractivity contribution is 9.10. The van der Waals surface area contributed by atoms with Crippen molar-refractivity contribution in [3.63, 3.8) is 0 Å². The first-order valence-corrected chi connectivity index (χ1v) is 12.3. The molecule has 3 aromatic rings. The molecule has 33 heavy (non-hydrogen) atoms. The van der Waals surface area contributed by atoms with Crippen LogP contribution in [0.1, 0.15) is 36.6 Å². The lowest BCUT2D eigenvalue weighted by Gasteiger charge is -2.32. The van der Waals surface area contributed by atoms with Gasteiger partial charge in [0.15, 0.2) is 0 Å². The zero-order valence-corrected chi connectivity index (χ0v) is 20.4. The number of benzene rings is 1. The fourth-order valence-corrected chi connectivity index (χ4v) is 5.16. The Hall–Kier alpha value is -2.47. The smallest absolute Gasteiger partial charge is 0.305 e. The predicted octanol–water partition coefficient (Wildman–Crippen LogP) is 4.98. The van der Waals surface area contributed by atoms with Gasteiger partial charge in [-0.15, -0.1) is 0 Å². The minimum Gasteiger partial charge on any atom is -0.481 e. The van der Waals surface area contributed by atoms with Crippen molar-refractivity contribution in [2.24, 2.45) is 0 Å². The van der Waals surface area contributed by atoms with Crippen LogP contribution in [0.4, 0.5) is 5.69 Å². The number of ether oxygens (including phenoxy) is 1. The number of rotatable bonds is 8. The summed E-state index contributed by atoms with van der Waals surface area (Å²) in [4.78, 5) is 15.3. The summed E-state index contributed by atoms with van der Waals surface area (Å²) in [5, 5.41) is 13.7. The lowest BCUT2D eigenvalue weighted by molar-refractivity contribution is -0.137. The number of pyridine rings is 1. The Morgan fingerprint density at radius 3 is 2.85 bits per heavy atom. The second-order valence-electron chi connectivity index (χ2n) is 7.39. The molecule has 0 aliphatic heterocycles. The van der Waals surface area contributed by atoms with E-state index < -0.39 is 23.3 Å². The number of para-hydroxylation sites is 1. The molecule has 9 nitrogen and oxygen atoms in total. The molecule has 2 unspecified atom stereocenters. The molecule has 0 bridgehead atoms. The van der Waals surface area contributed by atoms with E-state index in [0.29, 0.717) is 27.4 Å². The number of nitrogens with zero attached hydrogens (tertiary/aromatic N) is 4. The van der Waals surface area contributed by atoms with E-state index in [1.54, 1.807) is 41.2 Å². The lowest BCUT2D eigenvalue weighted by atomic mass is 9.92. The van der Waals surface area contributed by atoms with Crippen LogP contribution < -0.4 is 9.04 Å². The van der Waals surface area contributed by atoms with Gasteiger partial charge < -0.3 is 9.84 Å². The number of hydrogen-bond donors (Lipinski definition) is 2. The van der Waals surface area contributed by atoms with Crippen molar-refractivity contribution in [3.05, 3.63) is 63.5 Å². The fraction of sp³-hybridized carbons (Fsp3) is 0.286. The zero-order chi connectivity index (χ0) is 23.5. The van der Waals surface area contributed by atoms with Gasteiger partial charge in [0.25, 0.3) is 11.3 Å². The number of halogens is 2. The highest BCUT2D eigenvalue weighted by atomic mass is 79.9. The third kappa shape index (κ3) is 5.21.